The standard InChI is InChI=1S/C37H53F3N8O7S/c1-35(2,3)54-32(49)16-22-48(34(50)55-36(4,5)6)56(52,53)42-17-11-27-12-18-45(19-13-27)30-23-31(44-33(43-30)37(38,39)40)47-21-15-29(47)25-46(51)20-14-26-7-9-28(24-41)10-8-26/h7-10,23,27,29,42,51H,11-22,25H2,1-6H3/t29-/m0/s1. The SMILES string of the molecule is CC(C)(C)OC(=O)CCN(C(=O)OC(C)(C)C)S(=O)(=O)NCCC1CCN(c2cc(N3CC[C@H]3CN(O)CCc3ccc(C#N)cc3)nc(C(F)(F)F)n2)CC1. The number of hydroxylamine groups is 2. The third-order valence-electron chi connectivity index (χ3n) is 9.16. The van der Waals surface area contributed by atoms with Crippen LogP contribution in [0.2, 0.25) is 0 Å². The molecule has 4 rings (SSSR count). The van der Waals surface area contributed by atoms with Gasteiger partial charge in [0.1, 0.15) is 22.8 Å². The molecule has 19 heteroatoms. The molecule has 2 fully saturated rings. The van der Waals surface area contributed by atoms with Crippen LogP contribution in [0.25, 0.3) is 0 Å². The Bertz CT molecular complexity index is 1800. The van der Waals surface area contributed by atoms with Crippen LogP contribution in [0, 0.1) is 17.2 Å². The number of aromatic nitrogens is 2. The fourth-order valence-corrected chi connectivity index (χ4v) is 7.35. The first-order valence-corrected chi connectivity index (χ1v) is 20.1. The highest BCUT2D eigenvalue weighted by Gasteiger charge is 2.39. The van der Waals surface area contributed by atoms with Gasteiger partial charge in [-0.05, 0) is 97.3 Å². The second kappa shape index (κ2) is 18.3. The Kier molecular flexibility index (Phi) is 14.6. The van der Waals surface area contributed by atoms with E-state index in [1.807, 2.05) is 12.1 Å². The summed E-state index contributed by atoms with van der Waals surface area (Å²) in [5.41, 5.74) is -0.325. The first-order chi connectivity index (χ1) is 26.0. The third kappa shape index (κ3) is 13.5. The fourth-order valence-electron chi connectivity index (χ4n) is 6.26. The van der Waals surface area contributed by atoms with E-state index in [0.29, 0.717) is 68.2 Å². The number of nitriles is 1. The molecule has 0 saturated carbocycles. The van der Waals surface area contributed by atoms with Crippen molar-refractivity contribution >= 4 is 33.9 Å². The van der Waals surface area contributed by atoms with Crippen LogP contribution >= 0.6 is 0 Å². The van der Waals surface area contributed by atoms with Crippen molar-refractivity contribution in [3.63, 3.8) is 0 Å². The van der Waals surface area contributed by atoms with Crippen LogP contribution < -0.4 is 14.5 Å². The summed E-state index contributed by atoms with van der Waals surface area (Å²) in [5.74, 6) is -1.66. The largest absolute Gasteiger partial charge is 0.460 e. The van der Waals surface area contributed by atoms with Gasteiger partial charge < -0.3 is 24.5 Å². The molecule has 1 aromatic heterocycles. The molecule has 0 radical (unpaired) electrons. The molecule has 2 aromatic rings. The molecule has 56 heavy (non-hydrogen) atoms. The molecule has 1 amide bonds. The fraction of sp³-hybridized carbons (Fsp3) is 0.649. The minimum Gasteiger partial charge on any atom is -0.460 e. The Morgan fingerprint density at radius 1 is 0.964 bits per heavy atom. The molecule has 310 valence electrons. The number of carbonyl (C=O) groups excluding carboxylic acids is 2. The summed E-state index contributed by atoms with van der Waals surface area (Å²) in [6.07, 6.45) is -3.65. The van der Waals surface area contributed by atoms with Gasteiger partial charge in [-0.15, -0.1) is 0 Å². The minimum absolute atomic E-state index is 0.0219. The lowest BCUT2D eigenvalue weighted by atomic mass is 9.93. The lowest BCUT2D eigenvalue weighted by Crippen LogP contribution is -2.54. The highest BCUT2D eigenvalue weighted by Crippen LogP contribution is 2.34. The van der Waals surface area contributed by atoms with Gasteiger partial charge in [0.15, 0.2) is 0 Å². The van der Waals surface area contributed by atoms with E-state index in [9.17, 15) is 36.4 Å². The molecule has 1 aromatic carbocycles. The summed E-state index contributed by atoms with van der Waals surface area (Å²) >= 11 is 0. The highest BCUT2D eigenvalue weighted by atomic mass is 32.2. The minimum atomic E-state index is -4.79. The van der Waals surface area contributed by atoms with Gasteiger partial charge >= 0.3 is 28.4 Å². The van der Waals surface area contributed by atoms with Crippen molar-refractivity contribution < 1.29 is 45.9 Å². The summed E-state index contributed by atoms with van der Waals surface area (Å²) in [5, 5.41) is 20.7. The number of amides is 1. The summed E-state index contributed by atoms with van der Waals surface area (Å²) in [6.45, 7) is 11.0. The number of anilines is 2. The van der Waals surface area contributed by atoms with Crippen molar-refractivity contribution in [3.8, 4) is 6.07 Å². The number of nitrogens with zero attached hydrogens (tertiary/aromatic N) is 7. The zero-order chi connectivity index (χ0) is 41.5. The van der Waals surface area contributed by atoms with Crippen LogP contribution in [0.5, 0.6) is 0 Å². The van der Waals surface area contributed by atoms with Crippen LogP contribution in [0.4, 0.5) is 29.6 Å². The molecular weight excluding hydrogens is 758 g/mol. The smallest absolute Gasteiger partial charge is 0.451 e. The van der Waals surface area contributed by atoms with Crippen LogP contribution in [-0.2, 0) is 37.1 Å². The van der Waals surface area contributed by atoms with Gasteiger partial charge in [-0.1, -0.05) is 12.1 Å². The predicted octanol–water partition coefficient (Wildman–Crippen LogP) is 5.29. The molecule has 2 aliphatic heterocycles. The molecule has 0 spiro atoms. The Morgan fingerprint density at radius 2 is 1.59 bits per heavy atom. The third-order valence-corrected chi connectivity index (χ3v) is 10.6. The number of piperidine rings is 1. The normalized spacial score (nSPS) is 17.0. The molecule has 1 atom stereocenters. The van der Waals surface area contributed by atoms with Crippen molar-refractivity contribution in [1.29, 1.82) is 5.26 Å². The van der Waals surface area contributed by atoms with E-state index in [2.05, 4.69) is 20.8 Å². The first kappa shape index (κ1) is 44.5. The monoisotopic (exact) mass is 810 g/mol. The van der Waals surface area contributed by atoms with E-state index in [1.54, 1.807) is 63.5 Å². The number of hydrogen-bond acceptors (Lipinski definition) is 13. The van der Waals surface area contributed by atoms with Crippen LogP contribution in [0.1, 0.15) is 90.6 Å². The number of carbonyl (C=O) groups is 2. The number of rotatable bonds is 15. The van der Waals surface area contributed by atoms with Crippen LogP contribution in [0.3, 0.4) is 0 Å². The molecule has 2 N–H and O–H groups in total. The van der Waals surface area contributed by atoms with Gasteiger partial charge in [0.25, 0.3) is 0 Å². The molecule has 0 unspecified atom stereocenters. The van der Waals surface area contributed by atoms with Gasteiger partial charge in [0.2, 0.25) is 5.82 Å². The molecule has 0 aliphatic carbocycles. The Hall–Kier alpha value is -4.25. The van der Waals surface area contributed by atoms with Gasteiger partial charge in [-0.3, -0.25) is 4.79 Å². The summed E-state index contributed by atoms with van der Waals surface area (Å²) in [7, 11) is -4.41. The Balaban J connectivity index is 1.33. The average molecular weight is 811 g/mol. The molecule has 3 heterocycles. The summed E-state index contributed by atoms with van der Waals surface area (Å²) < 4.78 is 82.1. The Morgan fingerprint density at radius 3 is 2.14 bits per heavy atom. The number of hydrogen-bond donors (Lipinski definition) is 2. The second-order valence-electron chi connectivity index (χ2n) is 16.0. The lowest BCUT2D eigenvalue weighted by molar-refractivity contribution is -0.154. The average Bonchev–Trinajstić information content (AvgIpc) is 3.07. The molecule has 2 aliphatic rings. The lowest BCUT2D eigenvalue weighted by Gasteiger charge is -2.43. The van der Waals surface area contributed by atoms with Crippen molar-refractivity contribution in [2.45, 2.75) is 103 Å². The first-order valence-electron chi connectivity index (χ1n) is 18.7. The quantitative estimate of drug-likeness (QED) is 0.175. The Labute approximate surface area is 326 Å². The molecule has 2 saturated heterocycles. The highest BCUT2D eigenvalue weighted by molar-refractivity contribution is 7.87. The van der Waals surface area contributed by atoms with Crippen molar-refractivity contribution in [1.82, 2.24) is 24.1 Å². The number of benzene rings is 1. The topological polar surface area (TPSA) is 182 Å². The van der Waals surface area contributed by atoms with E-state index < -0.39 is 52.0 Å². The number of ether oxygens (including phenoxy) is 2. The predicted molar refractivity (Wildman–Crippen MR) is 201 cm³/mol. The molecule has 0 bridgehead atoms. The van der Waals surface area contributed by atoms with Crippen molar-refractivity contribution in [2.24, 2.45) is 5.92 Å². The maximum absolute atomic E-state index is 14.0. The number of halogens is 3. The molecular formula is C37H53F3N8O7S. The zero-order valence-corrected chi connectivity index (χ0v) is 33.6. The van der Waals surface area contributed by atoms with Crippen LogP contribution in [0.15, 0.2) is 30.3 Å². The maximum atomic E-state index is 14.0. The maximum Gasteiger partial charge on any atom is 0.451 e. The summed E-state index contributed by atoms with van der Waals surface area (Å²) in [6, 6.07) is 10.4. The van der Waals surface area contributed by atoms with Crippen molar-refractivity contribution in [2.75, 3.05) is 55.6 Å². The van der Waals surface area contributed by atoms with E-state index >= 15 is 0 Å². The van der Waals surface area contributed by atoms with Gasteiger partial charge in [0.05, 0.1) is 24.6 Å². The van der Waals surface area contributed by atoms with Gasteiger partial charge in [-0.25, -0.2) is 14.8 Å². The van der Waals surface area contributed by atoms with Crippen molar-refractivity contribution in [3.05, 3.63) is 47.3 Å². The van der Waals surface area contributed by atoms with Crippen LogP contribution in [-0.4, -0.2) is 108 Å². The second-order valence-corrected chi connectivity index (χ2v) is 17.7. The zero-order valence-electron chi connectivity index (χ0n) is 32.8. The number of esters is 1. The van der Waals surface area contributed by atoms with E-state index in [4.69, 9.17) is 14.7 Å². The number of nitrogens with one attached hydrogen (secondary N) is 1. The van der Waals surface area contributed by atoms with E-state index in [1.165, 1.54) is 6.07 Å². The van der Waals surface area contributed by atoms with Gasteiger partial charge in [0, 0.05) is 51.4 Å². The van der Waals surface area contributed by atoms with E-state index in [0.717, 1.165) is 10.6 Å². The number of alkyl halides is 3. The molecule has 15 nitrogen and oxygen atoms in total. The summed E-state index contributed by atoms with van der Waals surface area (Å²) in [4.78, 5) is 36.4. The van der Waals surface area contributed by atoms with Gasteiger partial charge in [-0.2, -0.15) is 40.9 Å². The van der Waals surface area contributed by atoms with E-state index in [-0.39, 0.29) is 43.1 Å².